The summed E-state index contributed by atoms with van der Waals surface area (Å²) in [6.07, 6.45) is 0. The molecule has 2 aromatic rings. The Balaban J connectivity index is 2.13. The predicted molar refractivity (Wildman–Crippen MR) is 63.3 cm³/mol. The quantitative estimate of drug-likeness (QED) is 0.876. The number of aromatic amines is 1. The highest BCUT2D eigenvalue weighted by Gasteiger charge is 2.04. The van der Waals surface area contributed by atoms with E-state index in [0.717, 1.165) is 6.07 Å². The minimum atomic E-state index is -0.641. The van der Waals surface area contributed by atoms with E-state index in [0.29, 0.717) is 11.3 Å². The van der Waals surface area contributed by atoms with Crippen LogP contribution in [0.5, 0.6) is 0 Å². The number of nitrogens with zero attached hydrogens (tertiary/aromatic N) is 1. The van der Waals surface area contributed by atoms with E-state index in [1.165, 1.54) is 18.2 Å². The van der Waals surface area contributed by atoms with Gasteiger partial charge in [-0.15, -0.1) is 0 Å². The van der Waals surface area contributed by atoms with E-state index in [4.69, 9.17) is 0 Å². The molecule has 0 saturated carbocycles. The molecule has 0 amide bonds. The smallest absolute Gasteiger partial charge is 0.252 e. The number of hydrogen-bond donors (Lipinski definition) is 2. The van der Waals surface area contributed by atoms with Gasteiger partial charge in [0.05, 0.1) is 0 Å². The summed E-state index contributed by atoms with van der Waals surface area (Å²) in [6.45, 7) is 1.79. The molecule has 0 aliphatic carbocycles. The zero-order chi connectivity index (χ0) is 13.1. The van der Waals surface area contributed by atoms with Crippen LogP contribution < -0.4 is 10.9 Å². The molecule has 0 fully saturated rings. The average molecular weight is 251 g/mol. The van der Waals surface area contributed by atoms with Gasteiger partial charge in [-0.3, -0.25) is 9.78 Å². The van der Waals surface area contributed by atoms with Crippen LogP contribution in [0.15, 0.2) is 29.1 Å². The lowest BCUT2D eigenvalue weighted by Gasteiger charge is -2.06. The highest BCUT2D eigenvalue weighted by atomic mass is 19.1. The highest BCUT2D eigenvalue weighted by molar-refractivity contribution is 5.28. The number of benzene rings is 1. The maximum Gasteiger partial charge on any atom is 0.252 e. The molecule has 1 heterocycles. The lowest BCUT2D eigenvalue weighted by molar-refractivity contribution is 0.574. The molecule has 94 valence electrons. The fourth-order valence-electron chi connectivity index (χ4n) is 1.51. The van der Waals surface area contributed by atoms with Crippen molar-refractivity contribution < 1.29 is 8.78 Å². The Bertz CT molecular complexity index is 625. The zero-order valence-electron chi connectivity index (χ0n) is 9.63. The lowest BCUT2D eigenvalue weighted by atomic mass is 10.2. The van der Waals surface area contributed by atoms with E-state index in [1.54, 1.807) is 6.92 Å². The van der Waals surface area contributed by atoms with Gasteiger partial charge in [0.25, 0.3) is 5.56 Å². The molecule has 0 unspecified atom stereocenters. The molecule has 0 aliphatic heterocycles. The van der Waals surface area contributed by atoms with Gasteiger partial charge >= 0.3 is 0 Å². The second-order valence-corrected chi connectivity index (χ2v) is 3.82. The molecule has 1 aromatic carbocycles. The van der Waals surface area contributed by atoms with Crippen molar-refractivity contribution in [3.05, 3.63) is 57.5 Å². The summed E-state index contributed by atoms with van der Waals surface area (Å²) >= 11 is 0. The molecule has 0 aliphatic rings. The number of halogens is 2. The van der Waals surface area contributed by atoms with E-state index in [1.807, 2.05) is 0 Å². The van der Waals surface area contributed by atoms with Crippen molar-refractivity contribution in [2.75, 3.05) is 5.32 Å². The van der Waals surface area contributed by atoms with Crippen LogP contribution in [0.2, 0.25) is 0 Å². The van der Waals surface area contributed by atoms with Gasteiger partial charge in [0, 0.05) is 29.9 Å². The minimum Gasteiger partial charge on any atom is -0.352 e. The summed E-state index contributed by atoms with van der Waals surface area (Å²) in [6, 6.07) is 4.67. The van der Waals surface area contributed by atoms with Crippen LogP contribution in [0.4, 0.5) is 14.7 Å². The van der Waals surface area contributed by atoms with Crippen LogP contribution in [0.3, 0.4) is 0 Å². The third-order valence-corrected chi connectivity index (χ3v) is 2.33. The molecule has 1 aromatic heterocycles. The average Bonchev–Trinajstić information content (AvgIpc) is 2.26. The van der Waals surface area contributed by atoms with Crippen molar-refractivity contribution in [3.8, 4) is 0 Å². The number of anilines is 1. The van der Waals surface area contributed by atoms with Gasteiger partial charge < -0.3 is 5.32 Å². The maximum absolute atomic E-state index is 13.3. The summed E-state index contributed by atoms with van der Waals surface area (Å²) in [5, 5.41) is 2.77. The molecule has 4 nitrogen and oxygen atoms in total. The molecule has 0 bridgehead atoms. The van der Waals surface area contributed by atoms with E-state index in [2.05, 4.69) is 15.3 Å². The first-order chi connectivity index (χ1) is 8.54. The van der Waals surface area contributed by atoms with Crippen LogP contribution in [-0.2, 0) is 6.54 Å². The molecule has 18 heavy (non-hydrogen) atoms. The first-order valence-electron chi connectivity index (χ1n) is 5.30. The molecular formula is C12H11F2N3O. The number of H-pyrrole nitrogens is 1. The van der Waals surface area contributed by atoms with E-state index in [9.17, 15) is 13.6 Å². The van der Waals surface area contributed by atoms with Crippen molar-refractivity contribution in [1.82, 2.24) is 9.97 Å². The summed E-state index contributed by atoms with van der Waals surface area (Å²) in [4.78, 5) is 17.7. The summed E-state index contributed by atoms with van der Waals surface area (Å²) in [7, 11) is 0. The number of rotatable bonds is 3. The van der Waals surface area contributed by atoms with Gasteiger partial charge in [-0.2, -0.15) is 0 Å². The molecular weight excluding hydrogens is 240 g/mol. The number of hydrogen-bond acceptors (Lipinski definition) is 3. The second-order valence-electron chi connectivity index (χ2n) is 3.82. The fourth-order valence-corrected chi connectivity index (χ4v) is 1.51. The van der Waals surface area contributed by atoms with Gasteiger partial charge in [0.2, 0.25) is 5.95 Å². The Morgan fingerprint density at radius 3 is 2.78 bits per heavy atom. The monoisotopic (exact) mass is 251 g/mol. The summed E-state index contributed by atoms with van der Waals surface area (Å²) in [5.74, 6) is -1.01. The van der Waals surface area contributed by atoms with Crippen LogP contribution in [-0.4, -0.2) is 9.97 Å². The SMILES string of the molecule is Cc1cc(=O)[nH]c(NCc2ccc(F)cc2F)n1. The maximum atomic E-state index is 13.3. The van der Waals surface area contributed by atoms with Crippen LogP contribution in [0.25, 0.3) is 0 Å². The van der Waals surface area contributed by atoms with Gasteiger partial charge in [-0.25, -0.2) is 13.8 Å². The standard InChI is InChI=1S/C12H11F2N3O/c1-7-4-11(18)17-12(16-7)15-6-8-2-3-9(13)5-10(8)14/h2-5H,6H2,1H3,(H2,15,16,17,18). The summed E-state index contributed by atoms with van der Waals surface area (Å²) < 4.78 is 26.0. The van der Waals surface area contributed by atoms with Crippen LogP contribution in [0.1, 0.15) is 11.3 Å². The van der Waals surface area contributed by atoms with E-state index >= 15 is 0 Å². The molecule has 2 N–H and O–H groups in total. The topological polar surface area (TPSA) is 57.8 Å². The predicted octanol–water partition coefficient (Wildman–Crippen LogP) is 1.97. The molecule has 6 heteroatoms. The number of nitrogens with one attached hydrogen (secondary N) is 2. The van der Waals surface area contributed by atoms with Gasteiger partial charge in [-0.1, -0.05) is 6.07 Å². The van der Waals surface area contributed by atoms with Crippen molar-refractivity contribution in [1.29, 1.82) is 0 Å². The minimum absolute atomic E-state index is 0.110. The Kier molecular flexibility index (Phi) is 3.36. The zero-order valence-corrected chi connectivity index (χ0v) is 9.63. The molecule has 0 saturated heterocycles. The van der Waals surface area contributed by atoms with Crippen molar-refractivity contribution >= 4 is 5.95 Å². The van der Waals surface area contributed by atoms with Crippen LogP contribution in [0, 0.1) is 18.6 Å². The van der Waals surface area contributed by atoms with Gasteiger partial charge in [0.15, 0.2) is 0 Å². The first kappa shape index (κ1) is 12.2. The van der Waals surface area contributed by atoms with E-state index < -0.39 is 11.6 Å². The van der Waals surface area contributed by atoms with Gasteiger partial charge in [-0.05, 0) is 13.0 Å². The summed E-state index contributed by atoms with van der Waals surface area (Å²) in [5.41, 5.74) is 0.561. The molecule has 0 spiro atoms. The van der Waals surface area contributed by atoms with Crippen molar-refractivity contribution in [2.24, 2.45) is 0 Å². The van der Waals surface area contributed by atoms with Crippen molar-refractivity contribution in [2.45, 2.75) is 13.5 Å². The second kappa shape index (κ2) is 4.95. The van der Waals surface area contributed by atoms with Crippen molar-refractivity contribution in [3.63, 3.8) is 0 Å². The normalized spacial score (nSPS) is 10.4. The Morgan fingerprint density at radius 2 is 2.11 bits per heavy atom. The fraction of sp³-hybridized carbons (Fsp3) is 0.167. The van der Waals surface area contributed by atoms with Gasteiger partial charge in [0.1, 0.15) is 11.6 Å². The molecule has 0 atom stereocenters. The lowest BCUT2D eigenvalue weighted by Crippen LogP contribution is -2.13. The third-order valence-electron chi connectivity index (χ3n) is 2.33. The molecule has 2 rings (SSSR count). The number of aryl methyl sites for hydroxylation is 1. The van der Waals surface area contributed by atoms with Crippen LogP contribution >= 0.6 is 0 Å². The van der Waals surface area contributed by atoms with E-state index in [-0.39, 0.29) is 18.1 Å². The highest BCUT2D eigenvalue weighted by Crippen LogP contribution is 2.10. The Morgan fingerprint density at radius 1 is 1.33 bits per heavy atom. The number of aromatic nitrogens is 2. The Hall–Kier alpha value is -2.24. The Labute approximate surface area is 102 Å². The first-order valence-corrected chi connectivity index (χ1v) is 5.30. The largest absolute Gasteiger partial charge is 0.352 e. The third kappa shape index (κ3) is 2.91. The molecule has 0 radical (unpaired) electrons.